The lowest BCUT2D eigenvalue weighted by atomic mass is 10.2. The molecule has 8 heteroatoms. The van der Waals surface area contributed by atoms with Gasteiger partial charge in [0, 0.05) is 23.5 Å². The van der Waals surface area contributed by atoms with E-state index in [4.69, 9.17) is 0 Å². The molecule has 7 nitrogen and oxygen atoms in total. The Bertz CT molecular complexity index is 1470. The summed E-state index contributed by atoms with van der Waals surface area (Å²) >= 11 is 0. The van der Waals surface area contributed by atoms with Crippen molar-refractivity contribution in [1.82, 2.24) is 13.9 Å². The van der Waals surface area contributed by atoms with Gasteiger partial charge in [0.2, 0.25) is 21.9 Å². The van der Waals surface area contributed by atoms with E-state index in [1.807, 2.05) is 79.2 Å². The number of nitrogens with one attached hydrogen (secondary N) is 1. The van der Waals surface area contributed by atoms with Crippen LogP contribution >= 0.6 is 0 Å². The van der Waals surface area contributed by atoms with E-state index in [0.717, 1.165) is 35.2 Å². The molecule has 1 saturated carbocycles. The Kier molecular flexibility index (Phi) is 6.47. The molecular weight excluding hydrogens is 472 g/mol. The zero-order valence-electron chi connectivity index (χ0n) is 20.3. The van der Waals surface area contributed by atoms with Crippen molar-refractivity contribution >= 4 is 21.9 Å². The third kappa shape index (κ3) is 5.10. The highest BCUT2D eigenvalue weighted by Crippen LogP contribution is 2.32. The van der Waals surface area contributed by atoms with Crippen molar-refractivity contribution in [3.8, 4) is 16.9 Å². The van der Waals surface area contributed by atoms with Gasteiger partial charge in [0.15, 0.2) is 0 Å². The van der Waals surface area contributed by atoms with Crippen LogP contribution in [0.5, 0.6) is 0 Å². The Hall–Kier alpha value is -3.75. The minimum absolute atomic E-state index is 0.168. The largest absolute Gasteiger partial charge is 0.294 e. The average molecular weight is 501 g/mol. The highest BCUT2D eigenvalue weighted by atomic mass is 32.2. The van der Waals surface area contributed by atoms with E-state index in [9.17, 15) is 13.2 Å². The second-order valence-electron chi connectivity index (χ2n) is 9.16. The van der Waals surface area contributed by atoms with Crippen LogP contribution in [0.3, 0.4) is 0 Å². The zero-order chi connectivity index (χ0) is 25.3. The summed E-state index contributed by atoms with van der Waals surface area (Å²) in [6.45, 7) is 3.64. The van der Waals surface area contributed by atoms with Gasteiger partial charge in [-0.3, -0.25) is 14.7 Å². The van der Waals surface area contributed by atoms with Gasteiger partial charge in [-0.1, -0.05) is 65.7 Å². The quantitative estimate of drug-likeness (QED) is 0.371. The number of hydrogen-bond donors (Lipinski definition) is 1. The molecule has 0 saturated heterocycles. The summed E-state index contributed by atoms with van der Waals surface area (Å²) in [4.78, 5) is 18.1. The van der Waals surface area contributed by atoms with Crippen LogP contribution in [-0.2, 0) is 14.8 Å². The minimum Gasteiger partial charge on any atom is -0.294 e. The predicted molar refractivity (Wildman–Crippen MR) is 140 cm³/mol. The second kappa shape index (κ2) is 9.72. The maximum absolute atomic E-state index is 13.3. The molecule has 1 heterocycles. The van der Waals surface area contributed by atoms with Crippen LogP contribution in [0.1, 0.15) is 24.0 Å². The molecule has 184 valence electrons. The summed E-state index contributed by atoms with van der Waals surface area (Å²) in [7, 11) is -3.80. The maximum Gasteiger partial charge on any atom is 0.243 e. The van der Waals surface area contributed by atoms with Crippen LogP contribution in [0.4, 0.5) is 5.95 Å². The third-order valence-corrected chi connectivity index (χ3v) is 8.13. The number of anilines is 1. The fourth-order valence-electron chi connectivity index (χ4n) is 4.04. The van der Waals surface area contributed by atoms with Crippen molar-refractivity contribution in [2.24, 2.45) is 0 Å². The molecule has 3 aromatic carbocycles. The summed E-state index contributed by atoms with van der Waals surface area (Å²) < 4.78 is 29.8. The lowest BCUT2D eigenvalue weighted by molar-refractivity contribution is -0.116. The first-order valence-corrected chi connectivity index (χ1v) is 13.4. The SMILES string of the molecule is Cc1ccc(-n2cc(-c3ccccc3)nc2NC(=O)CN(C2CC2)S(=O)(=O)c2ccc(C)cc2)cc1. The van der Waals surface area contributed by atoms with E-state index in [0.29, 0.717) is 11.6 Å². The minimum atomic E-state index is -3.80. The lowest BCUT2D eigenvalue weighted by Crippen LogP contribution is -2.39. The summed E-state index contributed by atoms with van der Waals surface area (Å²) in [6.07, 6.45) is 3.36. The summed E-state index contributed by atoms with van der Waals surface area (Å²) in [5.74, 6) is -0.0950. The van der Waals surface area contributed by atoms with Gasteiger partial charge in [-0.15, -0.1) is 0 Å². The van der Waals surface area contributed by atoms with Gasteiger partial charge in [-0.2, -0.15) is 4.31 Å². The number of carbonyl (C=O) groups excluding carboxylic acids is 1. The number of rotatable bonds is 8. The first kappa shape index (κ1) is 24.0. The molecule has 1 fully saturated rings. The van der Waals surface area contributed by atoms with Crippen molar-refractivity contribution in [3.05, 3.63) is 96.2 Å². The first-order chi connectivity index (χ1) is 17.3. The number of aromatic nitrogens is 2. The number of benzene rings is 3. The normalized spacial score (nSPS) is 13.6. The molecule has 0 atom stereocenters. The van der Waals surface area contributed by atoms with E-state index in [2.05, 4.69) is 10.3 Å². The van der Waals surface area contributed by atoms with Crippen LogP contribution < -0.4 is 5.32 Å². The van der Waals surface area contributed by atoms with Crippen molar-refractivity contribution in [1.29, 1.82) is 0 Å². The van der Waals surface area contributed by atoms with Crippen LogP contribution in [0.25, 0.3) is 16.9 Å². The highest BCUT2D eigenvalue weighted by molar-refractivity contribution is 7.89. The number of amides is 1. The predicted octanol–water partition coefficient (Wildman–Crippen LogP) is 4.95. The molecule has 0 bridgehead atoms. The molecule has 0 spiro atoms. The molecule has 1 aromatic heterocycles. The van der Waals surface area contributed by atoms with Gasteiger partial charge in [0.25, 0.3) is 0 Å². The van der Waals surface area contributed by atoms with Crippen LogP contribution in [-0.4, -0.2) is 40.8 Å². The van der Waals surface area contributed by atoms with Gasteiger partial charge >= 0.3 is 0 Å². The Morgan fingerprint density at radius 1 is 0.944 bits per heavy atom. The fourth-order valence-corrected chi connectivity index (χ4v) is 5.68. The van der Waals surface area contributed by atoms with Gasteiger partial charge in [0.1, 0.15) is 0 Å². The maximum atomic E-state index is 13.3. The van der Waals surface area contributed by atoms with Gasteiger partial charge in [-0.05, 0) is 51.0 Å². The van der Waals surface area contributed by atoms with E-state index in [1.165, 1.54) is 4.31 Å². The number of carbonyl (C=O) groups is 1. The van der Waals surface area contributed by atoms with Crippen molar-refractivity contribution < 1.29 is 13.2 Å². The Morgan fingerprint density at radius 2 is 1.56 bits per heavy atom. The number of nitrogens with zero attached hydrogens (tertiary/aromatic N) is 3. The summed E-state index contributed by atoms with van der Waals surface area (Å²) in [5, 5.41) is 2.87. The lowest BCUT2D eigenvalue weighted by Gasteiger charge is -2.21. The molecule has 1 amide bonds. The zero-order valence-corrected chi connectivity index (χ0v) is 21.1. The van der Waals surface area contributed by atoms with Crippen LogP contribution in [0.15, 0.2) is 90.0 Å². The molecule has 0 radical (unpaired) electrons. The van der Waals surface area contributed by atoms with E-state index < -0.39 is 15.9 Å². The van der Waals surface area contributed by atoms with Gasteiger partial charge in [0.05, 0.1) is 17.1 Å². The molecular formula is C28H28N4O3S. The standard InChI is InChI=1S/C28H28N4O3S/c1-20-8-12-23(13-9-20)31-18-26(22-6-4-3-5-7-22)29-28(31)30-27(33)19-32(24-14-15-24)36(34,35)25-16-10-21(2)11-17-25/h3-13,16-18,24H,14-15,19H2,1-2H3,(H,29,30,33). The topological polar surface area (TPSA) is 84.3 Å². The number of imidazole rings is 1. The first-order valence-electron chi connectivity index (χ1n) is 11.9. The van der Waals surface area contributed by atoms with E-state index in [-0.39, 0.29) is 17.5 Å². The Morgan fingerprint density at radius 3 is 2.17 bits per heavy atom. The monoisotopic (exact) mass is 500 g/mol. The summed E-state index contributed by atoms with van der Waals surface area (Å²) in [6, 6.07) is 24.2. The number of sulfonamides is 1. The molecule has 5 rings (SSSR count). The van der Waals surface area contributed by atoms with E-state index >= 15 is 0 Å². The van der Waals surface area contributed by atoms with Crippen molar-refractivity contribution in [2.45, 2.75) is 37.6 Å². The number of aryl methyl sites for hydroxylation is 2. The average Bonchev–Trinajstić information content (AvgIpc) is 3.63. The fraction of sp³-hybridized carbons (Fsp3) is 0.214. The molecule has 1 aliphatic carbocycles. The smallest absolute Gasteiger partial charge is 0.243 e. The Balaban J connectivity index is 1.43. The third-order valence-electron chi connectivity index (χ3n) is 6.22. The molecule has 1 aliphatic rings. The van der Waals surface area contributed by atoms with Crippen molar-refractivity contribution in [3.63, 3.8) is 0 Å². The molecule has 4 aromatic rings. The number of hydrogen-bond acceptors (Lipinski definition) is 4. The van der Waals surface area contributed by atoms with Gasteiger partial charge in [-0.25, -0.2) is 13.4 Å². The van der Waals surface area contributed by atoms with Gasteiger partial charge < -0.3 is 0 Å². The summed E-state index contributed by atoms with van der Waals surface area (Å²) in [5.41, 5.74) is 4.56. The Labute approximate surface area is 211 Å². The molecule has 36 heavy (non-hydrogen) atoms. The molecule has 0 unspecified atom stereocenters. The highest BCUT2D eigenvalue weighted by Gasteiger charge is 2.39. The van der Waals surface area contributed by atoms with Crippen LogP contribution in [0, 0.1) is 13.8 Å². The van der Waals surface area contributed by atoms with Crippen molar-refractivity contribution in [2.75, 3.05) is 11.9 Å². The molecule has 0 aliphatic heterocycles. The molecule has 1 N–H and O–H groups in total. The second-order valence-corrected chi connectivity index (χ2v) is 11.1. The van der Waals surface area contributed by atoms with E-state index in [1.54, 1.807) is 24.3 Å². The van der Waals surface area contributed by atoms with Crippen LogP contribution in [0.2, 0.25) is 0 Å².